The first-order valence-corrected chi connectivity index (χ1v) is 18.2. The number of rotatable bonds is 6. The molecule has 266 valence electrons. The van der Waals surface area contributed by atoms with Gasteiger partial charge in [-0.25, -0.2) is 0 Å². The van der Waals surface area contributed by atoms with Crippen LogP contribution < -0.4 is 20.4 Å². The maximum atomic E-state index is 13.3. The molecule has 3 fully saturated rings. The number of nitrogens with one attached hydrogen (secondary N) is 2. The normalized spacial score (nSPS) is 23.5. The molecule has 3 saturated heterocycles. The van der Waals surface area contributed by atoms with E-state index in [4.69, 9.17) is 11.6 Å². The molecule has 0 bridgehead atoms. The zero-order valence-corrected chi connectivity index (χ0v) is 29.5. The Labute approximate surface area is 306 Å². The van der Waals surface area contributed by atoms with Crippen molar-refractivity contribution in [2.24, 2.45) is 0 Å². The third-order valence-electron chi connectivity index (χ3n) is 11.3. The van der Waals surface area contributed by atoms with E-state index in [1.165, 1.54) is 0 Å². The Morgan fingerprint density at radius 1 is 0.904 bits per heavy atom. The van der Waals surface area contributed by atoms with Crippen molar-refractivity contribution >= 4 is 52.5 Å². The van der Waals surface area contributed by atoms with Crippen LogP contribution in [0.25, 0.3) is 0 Å². The van der Waals surface area contributed by atoms with Gasteiger partial charge in [-0.1, -0.05) is 11.6 Å². The molecule has 3 atom stereocenters. The monoisotopic (exact) mass is 719 g/mol. The molecule has 12 nitrogen and oxygen atoms in total. The van der Waals surface area contributed by atoms with Crippen molar-refractivity contribution in [2.45, 2.75) is 76.3 Å². The van der Waals surface area contributed by atoms with Gasteiger partial charge in [-0.2, -0.15) is 5.26 Å². The SMILES string of the molecule is C[C@H]1C[C@H](NC(=O)c2ccc(N3CCC(N4Cc5cc6c(cc5C4)C(=O)N(C4CCC(=O)NC4=O)C6=O)CC3)cc2)CN1c1ccc(C#N)c(Cl)c1. The average molecular weight is 720 g/mol. The van der Waals surface area contributed by atoms with Gasteiger partial charge in [0.1, 0.15) is 12.1 Å². The van der Waals surface area contributed by atoms with Gasteiger partial charge < -0.3 is 15.1 Å². The van der Waals surface area contributed by atoms with Crippen LogP contribution in [0.15, 0.2) is 54.6 Å². The minimum Gasteiger partial charge on any atom is -0.371 e. The van der Waals surface area contributed by atoms with Crippen molar-refractivity contribution in [1.29, 1.82) is 5.26 Å². The molecular formula is C39H38ClN7O5. The summed E-state index contributed by atoms with van der Waals surface area (Å²) in [5, 5.41) is 15.1. The van der Waals surface area contributed by atoms with Crippen molar-refractivity contribution in [3.8, 4) is 6.07 Å². The molecule has 0 aliphatic carbocycles. The number of nitrogens with zero attached hydrogens (tertiary/aromatic N) is 5. The van der Waals surface area contributed by atoms with Crippen LogP contribution in [0, 0.1) is 11.3 Å². The summed E-state index contributed by atoms with van der Waals surface area (Å²) in [7, 11) is 0. The van der Waals surface area contributed by atoms with Crippen LogP contribution in [0.4, 0.5) is 11.4 Å². The summed E-state index contributed by atoms with van der Waals surface area (Å²) < 4.78 is 0. The smallest absolute Gasteiger partial charge is 0.262 e. The molecule has 0 spiro atoms. The first-order valence-electron chi connectivity index (χ1n) is 17.8. The highest BCUT2D eigenvalue weighted by Gasteiger charge is 2.45. The number of carbonyl (C=O) groups excluding carboxylic acids is 5. The van der Waals surface area contributed by atoms with Crippen LogP contribution in [0.2, 0.25) is 5.02 Å². The Bertz CT molecular complexity index is 2010. The van der Waals surface area contributed by atoms with E-state index in [2.05, 4.69) is 38.3 Å². The Hall–Kier alpha value is -5.25. The molecule has 52 heavy (non-hydrogen) atoms. The van der Waals surface area contributed by atoms with Crippen molar-refractivity contribution < 1.29 is 24.0 Å². The van der Waals surface area contributed by atoms with Gasteiger partial charge in [0.25, 0.3) is 17.7 Å². The fourth-order valence-corrected chi connectivity index (χ4v) is 8.72. The Balaban J connectivity index is 0.838. The second kappa shape index (κ2) is 13.4. The number of benzene rings is 3. The minimum atomic E-state index is -0.967. The second-order valence-electron chi connectivity index (χ2n) is 14.5. The van der Waals surface area contributed by atoms with E-state index in [-0.39, 0.29) is 30.8 Å². The van der Waals surface area contributed by atoms with E-state index >= 15 is 0 Å². The molecule has 0 aromatic heterocycles. The molecule has 8 rings (SSSR count). The Morgan fingerprint density at radius 3 is 2.17 bits per heavy atom. The lowest BCUT2D eigenvalue weighted by molar-refractivity contribution is -0.136. The topological polar surface area (TPSA) is 146 Å². The van der Waals surface area contributed by atoms with Crippen molar-refractivity contribution in [2.75, 3.05) is 29.4 Å². The van der Waals surface area contributed by atoms with Crippen LogP contribution in [0.5, 0.6) is 0 Å². The number of amides is 5. The Kier molecular flexibility index (Phi) is 8.71. The number of piperidine rings is 2. The zero-order valence-electron chi connectivity index (χ0n) is 28.7. The van der Waals surface area contributed by atoms with Crippen molar-refractivity contribution in [1.82, 2.24) is 20.4 Å². The summed E-state index contributed by atoms with van der Waals surface area (Å²) in [6, 6.07) is 18.5. The van der Waals surface area contributed by atoms with E-state index in [1.807, 2.05) is 48.5 Å². The van der Waals surface area contributed by atoms with E-state index in [0.717, 1.165) is 59.8 Å². The van der Waals surface area contributed by atoms with Crippen molar-refractivity contribution in [3.05, 3.63) is 93.0 Å². The average Bonchev–Trinajstić information content (AvgIpc) is 3.80. The summed E-state index contributed by atoms with van der Waals surface area (Å²) in [4.78, 5) is 71.8. The number of carbonyl (C=O) groups is 5. The van der Waals surface area contributed by atoms with Gasteiger partial charge in [-0.15, -0.1) is 0 Å². The molecule has 0 radical (unpaired) electrons. The van der Waals surface area contributed by atoms with Crippen LogP contribution in [-0.4, -0.2) is 83.1 Å². The number of imide groups is 2. The lowest BCUT2D eigenvalue weighted by atomic mass is 10.0. The summed E-state index contributed by atoms with van der Waals surface area (Å²) in [6.45, 7) is 5.89. The summed E-state index contributed by atoms with van der Waals surface area (Å²) >= 11 is 6.27. The second-order valence-corrected chi connectivity index (χ2v) is 14.9. The molecule has 5 aliphatic rings. The van der Waals surface area contributed by atoms with Crippen LogP contribution in [0.3, 0.4) is 0 Å². The van der Waals surface area contributed by atoms with Gasteiger partial charge in [0.15, 0.2) is 0 Å². The van der Waals surface area contributed by atoms with E-state index in [0.29, 0.717) is 53.0 Å². The van der Waals surface area contributed by atoms with Crippen LogP contribution in [-0.2, 0) is 22.7 Å². The lowest BCUT2D eigenvalue weighted by Gasteiger charge is -2.37. The number of halogens is 1. The summed E-state index contributed by atoms with van der Waals surface area (Å²) in [5.74, 6) is -2.05. The molecular weight excluding hydrogens is 682 g/mol. The fraction of sp³-hybridized carbons (Fsp3) is 0.385. The number of fused-ring (bicyclic) bond motifs is 2. The van der Waals surface area contributed by atoms with Gasteiger partial charge in [-0.05, 0) is 98.3 Å². The fourth-order valence-electron chi connectivity index (χ4n) is 8.50. The molecule has 5 heterocycles. The van der Waals surface area contributed by atoms with Gasteiger partial charge in [0.2, 0.25) is 11.8 Å². The molecule has 3 aromatic rings. The number of hydrogen-bond donors (Lipinski definition) is 2. The standard InChI is InChI=1S/C39H38ClN7O5/c1-22-14-27(21-46(22)30-7-4-24(18-41)33(40)17-30)42-36(49)23-2-5-28(6-3-23)44-12-10-29(11-13-44)45-19-25-15-31-32(16-26(25)20-45)39(52)47(38(31)51)34-8-9-35(48)43-37(34)50/h2-7,15-17,22,27,29,34H,8-14,19-21H2,1H3,(H,42,49)(H,43,48,50)/t22-,27-,34?/m0/s1. The number of nitriles is 1. The molecule has 3 aromatic carbocycles. The molecule has 13 heteroatoms. The van der Waals surface area contributed by atoms with Crippen molar-refractivity contribution in [3.63, 3.8) is 0 Å². The predicted molar refractivity (Wildman–Crippen MR) is 193 cm³/mol. The highest BCUT2D eigenvalue weighted by atomic mass is 35.5. The van der Waals surface area contributed by atoms with Gasteiger partial charge >= 0.3 is 0 Å². The highest BCUT2D eigenvalue weighted by molar-refractivity contribution is 6.32. The minimum absolute atomic E-state index is 0.0122. The maximum absolute atomic E-state index is 13.3. The molecule has 1 unspecified atom stereocenters. The molecule has 2 N–H and O–H groups in total. The van der Waals surface area contributed by atoms with E-state index < -0.39 is 29.7 Å². The van der Waals surface area contributed by atoms with Gasteiger partial charge in [0, 0.05) is 74.2 Å². The third-order valence-corrected chi connectivity index (χ3v) is 11.6. The van der Waals surface area contributed by atoms with E-state index in [9.17, 15) is 29.2 Å². The first kappa shape index (κ1) is 33.9. The lowest BCUT2D eigenvalue weighted by Crippen LogP contribution is -2.54. The van der Waals surface area contributed by atoms with Gasteiger partial charge in [-0.3, -0.25) is 39.1 Å². The zero-order chi connectivity index (χ0) is 36.3. The molecule has 5 amide bonds. The molecule has 5 aliphatic heterocycles. The largest absolute Gasteiger partial charge is 0.371 e. The van der Waals surface area contributed by atoms with Crippen LogP contribution in [0.1, 0.15) is 86.8 Å². The van der Waals surface area contributed by atoms with Crippen LogP contribution >= 0.6 is 11.6 Å². The Morgan fingerprint density at radius 2 is 1.56 bits per heavy atom. The highest BCUT2D eigenvalue weighted by Crippen LogP contribution is 2.36. The summed E-state index contributed by atoms with van der Waals surface area (Å²) in [5.41, 5.74) is 5.79. The quantitative estimate of drug-likeness (QED) is 0.361. The number of anilines is 2. The maximum Gasteiger partial charge on any atom is 0.262 e. The van der Waals surface area contributed by atoms with Gasteiger partial charge in [0.05, 0.1) is 21.7 Å². The predicted octanol–water partition coefficient (Wildman–Crippen LogP) is 3.99. The molecule has 0 saturated carbocycles. The third kappa shape index (κ3) is 6.07. The summed E-state index contributed by atoms with van der Waals surface area (Å²) in [6.07, 6.45) is 2.95. The number of hydrogen-bond acceptors (Lipinski definition) is 9. The first-order chi connectivity index (χ1) is 25.1. The van der Waals surface area contributed by atoms with E-state index in [1.54, 1.807) is 6.07 Å².